The maximum absolute atomic E-state index is 13.6. The quantitative estimate of drug-likeness (QED) is 0.446. The molecule has 5 rings (SSSR count). The molecular formula is C28H31N3O3. The van der Waals surface area contributed by atoms with E-state index in [0.717, 1.165) is 33.6 Å². The summed E-state index contributed by atoms with van der Waals surface area (Å²) in [5.74, 6) is 0. The first-order chi connectivity index (χ1) is 16.0. The van der Waals surface area contributed by atoms with Gasteiger partial charge in [-0.25, -0.2) is 4.79 Å². The predicted octanol–water partition coefficient (Wildman–Crippen LogP) is 4.49. The Hall–Kier alpha value is -3.38. The summed E-state index contributed by atoms with van der Waals surface area (Å²) < 4.78 is 11.6. The van der Waals surface area contributed by atoms with E-state index in [2.05, 4.69) is 51.3 Å². The molecule has 0 amide bonds. The first-order valence-electron chi connectivity index (χ1n) is 11.6. The van der Waals surface area contributed by atoms with Crippen LogP contribution in [0.3, 0.4) is 0 Å². The summed E-state index contributed by atoms with van der Waals surface area (Å²) in [5, 5.41) is 0.553. The zero-order chi connectivity index (χ0) is 24.5. The van der Waals surface area contributed by atoms with E-state index < -0.39 is 11.6 Å². The largest absolute Gasteiger partial charge is 0.365 e. The zero-order valence-corrected chi connectivity index (χ0v) is 20.9. The first-order valence-corrected chi connectivity index (χ1v) is 11.6. The second-order valence-corrected chi connectivity index (χ2v) is 10.2. The number of hydrogen-bond donors (Lipinski definition) is 0. The highest BCUT2D eigenvalue weighted by atomic mass is 16.5. The molecule has 6 heteroatoms. The molecular weight excluding hydrogens is 426 g/mol. The van der Waals surface area contributed by atoms with E-state index in [1.165, 1.54) is 10.1 Å². The lowest BCUT2D eigenvalue weighted by molar-refractivity contribution is -0.00761. The van der Waals surface area contributed by atoms with Crippen molar-refractivity contribution < 1.29 is 4.74 Å². The van der Waals surface area contributed by atoms with Crippen LogP contribution in [0.4, 0.5) is 0 Å². The van der Waals surface area contributed by atoms with Gasteiger partial charge in [0.1, 0.15) is 6.10 Å². The summed E-state index contributed by atoms with van der Waals surface area (Å²) in [7, 11) is 3.29. The van der Waals surface area contributed by atoms with Crippen LogP contribution in [0.25, 0.3) is 22.2 Å². The second kappa shape index (κ2) is 7.57. The molecule has 4 aromatic rings. The van der Waals surface area contributed by atoms with Gasteiger partial charge in [0.25, 0.3) is 5.56 Å². The van der Waals surface area contributed by atoms with E-state index in [9.17, 15) is 9.59 Å². The topological polar surface area (TPSA) is 58.2 Å². The zero-order valence-electron chi connectivity index (χ0n) is 20.9. The van der Waals surface area contributed by atoms with Gasteiger partial charge in [-0.3, -0.25) is 13.9 Å². The average molecular weight is 458 g/mol. The minimum Gasteiger partial charge on any atom is -0.365 e. The fourth-order valence-electron chi connectivity index (χ4n) is 5.69. The van der Waals surface area contributed by atoms with Crippen molar-refractivity contribution in [3.63, 3.8) is 0 Å². The summed E-state index contributed by atoms with van der Waals surface area (Å²) >= 11 is 0. The fraction of sp³-hybridized carbons (Fsp3) is 0.357. The Balaban J connectivity index is 2.03. The van der Waals surface area contributed by atoms with Gasteiger partial charge < -0.3 is 9.30 Å². The highest BCUT2D eigenvalue weighted by Crippen LogP contribution is 2.46. The van der Waals surface area contributed by atoms with Crippen LogP contribution in [0.15, 0.2) is 52.1 Å². The van der Waals surface area contributed by atoms with Crippen molar-refractivity contribution in [3.8, 4) is 11.3 Å². The van der Waals surface area contributed by atoms with Crippen molar-refractivity contribution in [1.82, 2.24) is 13.7 Å². The Labute approximate surface area is 199 Å². The van der Waals surface area contributed by atoms with Gasteiger partial charge in [-0.1, -0.05) is 48.0 Å². The lowest BCUT2D eigenvalue weighted by Gasteiger charge is -2.40. The number of fused-ring (bicyclic) bond motifs is 3. The van der Waals surface area contributed by atoms with E-state index in [1.54, 1.807) is 18.7 Å². The van der Waals surface area contributed by atoms with Gasteiger partial charge >= 0.3 is 5.69 Å². The van der Waals surface area contributed by atoms with Crippen LogP contribution in [-0.2, 0) is 24.4 Å². The van der Waals surface area contributed by atoms with Gasteiger partial charge in [0.2, 0.25) is 0 Å². The van der Waals surface area contributed by atoms with Crippen LogP contribution in [0.1, 0.15) is 47.9 Å². The number of aryl methyl sites for hydroxylation is 4. The van der Waals surface area contributed by atoms with Gasteiger partial charge in [0, 0.05) is 14.1 Å². The van der Waals surface area contributed by atoms with Crippen molar-refractivity contribution in [2.75, 3.05) is 6.61 Å². The Bertz CT molecular complexity index is 1550. The lowest BCUT2D eigenvalue weighted by Crippen LogP contribution is -2.40. The molecule has 2 aromatic heterocycles. The lowest BCUT2D eigenvalue weighted by atomic mass is 9.91. The van der Waals surface area contributed by atoms with Gasteiger partial charge in [-0.05, 0) is 56.9 Å². The molecule has 0 saturated heterocycles. The predicted molar refractivity (Wildman–Crippen MR) is 136 cm³/mol. The summed E-state index contributed by atoms with van der Waals surface area (Å²) in [6.07, 6.45) is -0.397. The monoisotopic (exact) mass is 457 g/mol. The minimum absolute atomic E-state index is 0.286. The van der Waals surface area contributed by atoms with Crippen molar-refractivity contribution in [3.05, 3.63) is 91.3 Å². The average Bonchev–Trinajstić information content (AvgIpc) is 3.15. The minimum atomic E-state index is -0.427. The molecule has 176 valence electrons. The number of aromatic nitrogens is 3. The Kier molecular flexibility index (Phi) is 4.99. The SMILES string of the molecule is Cc1cc(C)c(C2OCC(C)(C)n3c(-c4ccccc4)c4c(=O)n(C)c(=O)n(C)c4c32)c(C)c1. The van der Waals surface area contributed by atoms with Crippen LogP contribution >= 0.6 is 0 Å². The molecule has 0 saturated carbocycles. The molecule has 2 aromatic carbocycles. The fourth-order valence-corrected chi connectivity index (χ4v) is 5.69. The van der Waals surface area contributed by atoms with Gasteiger partial charge in [-0.15, -0.1) is 0 Å². The number of rotatable bonds is 2. The standard InChI is InChI=1S/C28H31N3O3/c1-16-13-17(2)20(18(3)14-16)25-24-23-21(26(32)30(7)27(33)29(23)6)22(19-11-9-8-10-12-19)31(24)28(4,5)15-34-25/h8-14,25H,15H2,1-7H3. The summed E-state index contributed by atoms with van der Waals surface area (Å²) in [6.45, 7) is 11.0. The Morgan fingerprint density at radius 1 is 0.941 bits per heavy atom. The Morgan fingerprint density at radius 2 is 1.56 bits per heavy atom. The van der Waals surface area contributed by atoms with E-state index in [4.69, 9.17) is 4.74 Å². The molecule has 1 aliphatic rings. The van der Waals surface area contributed by atoms with E-state index in [-0.39, 0.29) is 11.2 Å². The molecule has 3 heterocycles. The summed E-state index contributed by atoms with van der Waals surface area (Å²) in [4.78, 5) is 26.7. The molecule has 0 radical (unpaired) electrons. The van der Waals surface area contributed by atoms with Gasteiger partial charge in [0.15, 0.2) is 0 Å². The molecule has 6 nitrogen and oxygen atoms in total. The molecule has 0 aliphatic carbocycles. The molecule has 1 atom stereocenters. The molecule has 1 aliphatic heterocycles. The third-order valence-corrected chi connectivity index (χ3v) is 7.11. The third-order valence-electron chi connectivity index (χ3n) is 7.11. The highest BCUT2D eigenvalue weighted by molar-refractivity contribution is 5.96. The first kappa shape index (κ1) is 22.4. The highest BCUT2D eigenvalue weighted by Gasteiger charge is 2.41. The van der Waals surface area contributed by atoms with Crippen molar-refractivity contribution >= 4 is 10.9 Å². The molecule has 1 unspecified atom stereocenters. The van der Waals surface area contributed by atoms with Crippen LogP contribution in [0, 0.1) is 20.8 Å². The van der Waals surface area contributed by atoms with Crippen LogP contribution in [0.2, 0.25) is 0 Å². The van der Waals surface area contributed by atoms with Crippen LogP contribution in [-0.4, -0.2) is 20.3 Å². The third kappa shape index (κ3) is 3.05. The maximum Gasteiger partial charge on any atom is 0.331 e. The molecule has 34 heavy (non-hydrogen) atoms. The smallest absolute Gasteiger partial charge is 0.331 e. The summed E-state index contributed by atoms with van der Waals surface area (Å²) in [5.41, 5.74) is 6.79. The van der Waals surface area contributed by atoms with Crippen molar-refractivity contribution in [1.29, 1.82) is 0 Å². The number of ether oxygens (including phenoxy) is 1. The van der Waals surface area contributed by atoms with Gasteiger partial charge in [0.05, 0.1) is 34.4 Å². The van der Waals surface area contributed by atoms with E-state index >= 15 is 0 Å². The van der Waals surface area contributed by atoms with Crippen molar-refractivity contribution in [2.24, 2.45) is 14.1 Å². The molecule has 0 N–H and O–H groups in total. The maximum atomic E-state index is 13.6. The van der Waals surface area contributed by atoms with Crippen molar-refractivity contribution in [2.45, 2.75) is 46.3 Å². The van der Waals surface area contributed by atoms with E-state index in [1.807, 2.05) is 30.3 Å². The van der Waals surface area contributed by atoms with E-state index in [0.29, 0.717) is 17.5 Å². The number of benzene rings is 2. The Morgan fingerprint density at radius 3 is 2.18 bits per heavy atom. The van der Waals surface area contributed by atoms with Gasteiger partial charge in [-0.2, -0.15) is 0 Å². The van der Waals surface area contributed by atoms with Crippen LogP contribution in [0.5, 0.6) is 0 Å². The van der Waals surface area contributed by atoms with Crippen LogP contribution < -0.4 is 11.2 Å². The summed E-state index contributed by atoms with van der Waals surface area (Å²) in [6, 6.07) is 14.3. The molecule has 0 fully saturated rings. The second-order valence-electron chi connectivity index (χ2n) is 10.2. The normalized spacial score (nSPS) is 17.2. The molecule has 0 bridgehead atoms. The number of hydrogen-bond acceptors (Lipinski definition) is 3. The number of nitrogens with zero attached hydrogens (tertiary/aromatic N) is 3. The molecule has 0 spiro atoms.